The van der Waals surface area contributed by atoms with Crippen LogP contribution in [-0.4, -0.2) is 30.5 Å². The Kier molecular flexibility index (Phi) is 8.32. The molecule has 9 nitrogen and oxygen atoms in total. The smallest absolute Gasteiger partial charge is 0.744 e. The summed E-state index contributed by atoms with van der Waals surface area (Å²) in [7, 11) is -5.08. The van der Waals surface area contributed by atoms with Gasteiger partial charge in [0.1, 0.15) is 10.1 Å². The van der Waals surface area contributed by atoms with Crippen molar-refractivity contribution in [3.05, 3.63) is 82.4 Å². The number of aromatic carboxylic acids is 1. The number of anilines is 3. The molecule has 0 radical (unpaired) electrons. The molecule has 0 heterocycles. The van der Waals surface area contributed by atoms with Gasteiger partial charge < -0.3 is 25.5 Å². The summed E-state index contributed by atoms with van der Waals surface area (Å²) in [6, 6.07) is 12.0. The van der Waals surface area contributed by atoms with Crippen molar-refractivity contribution in [1.82, 2.24) is 0 Å². The van der Waals surface area contributed by atoms with E-state index in [9.17, 15) is 32.5 Å². The predicted molar refractivity (Wildman–Crippen MR) is 106 cm³/mol. The number of nitrogen functional groups attached to an aromatic ring is 1. The zero-order chi connectivity index (χ0) is 22.5. The first kappa shape index (κ1) is 27.2. The maximum absolute atomic E-state index is 13.2. The number of carboxylic acids is 1. The molecule has 0 fully saturated rings. The molecule has 4 rings (SSSR count). The molecule has 0 saturated carbocycles. The summed E-state index contributed by atoms with van der Waals surface area (Å²) in [6.45, 7) is 0. The third-order valence-corrected chi connectivity index (χ3v) is 5.75. The number of carboxylic acid groups (broad SMARTS) is 1. The van der Waals surface area contributed by atoms with E-state index < -0.39 is 38.2 Å². The third-order valence-electron chi connectivity index (χ3n) is 4.87. The number of nitrogens with one attached hydrogen (secondary N) is 1. The molecule has 0 amide bonds. The molecular weight excluding hydrogens is 470 g/mol. The summed E-state index contributed by atoms with van der Waals surface area (Å²) in [4.78, 5) is 36.3. The van der Waals surface area contributed by atoms with E-state index in [-0.39, 0.29) is 98.3 Å². The van der Waals surface area contributed by atoms with Gasteiger partial charge in [-0.15, -0.1) is 0 Å². The number of carbonyl (C=O) groups excluding carboxylic acids is 3. The molecule has 0 atom stereocenters. The minimum absolute atomic E-state index is 0. The fourth-order valence-electron chi connectivity index (χ4n) is 3.44. The molecule has 0 aliphatic heterocycles. The van der Waals surface area contributed by atoms with E-state index in [1.807, 2.05) is 0 Å². The Bertz CT molecular complexity index is 1400. The van der Waals surface area contributed by atoms with Gasteiger partial charge in [0.2, 0.25) is 0 Å². The quantitative estimate of drug-likeness (QED) is 0.164. The number of rotatable bonds is 4. The van der Waals surface area contributed by atoms with Gasteiger partial charge >= 0.3 is 59.1 Å². The maximum Gasteiger partial charge on any atom is 1.00 e. The number of nitrogens with two attached hydrogens (primary N) is 1. The van der Waals surface area contributed by atoms with Crippen molar-refractivity contribution in [2.45, 2.75) is 4.90 Å². The van der Waals surface area contributed by atoms with E-state index in [1.54, 1.807) is 6.07 Å². The molecule has 156 valence electrons. The van der Waals surface area contributed by atoms with E-state index in [1.165, 1.54) is 42.5 Å². The Balaban J connectivity index is 0.00000193. The van der Waals surface area contributed by atoms with Crippen LogP contribution in [0.3, 0.4) is 0 Å². The molecule has 3 aromatic rings. The number of carbonyl (C=O) groups is 3. The van der Waals surface area contributed by atoms with E-state index in [0.29, 0.717) is 0 Å². The van der Waals surface area contributed by atoms with Crippen LogP contribution in [0.5, 0.6) is 0 Å². The van der Waals surface area contributed by atoms with Crippen LogP contribution in [0, 0.1) is 0 Å². The number of hydrogen-bond donors (Lipinski definition) is 2. The number of hydrogen-bond acceptors (Lipinski definition) is 9. The van der Waals surface area contributed by atoms with Gasteiger partial charge in [-0.1, -0.05) is 36.4 Å². The SMILES string of the molecule is Nc1c(S(=O)(=O)[O-])cc(Nc2ccc(C(=O)[O-])cc2)c2c1C(=O)c1ccccc1C2=O.[Na+].[Na+]. The minimum Gasteiger partial charge on any atom is -0.744 e. The van der Waals surface area contributed by atoms with E-state index in [0.717, 1.165) is 6.07 Å². The summed E-state index contributed by atoms with van der Waals surface area (Å²) >= 11 is 0. The third kappa shape index (κ3) is 4.93. The Morgan fingerprint density at radius 3 is 1.88 bits per heavy atom. The molecule has 12 heteroatoms. The fourth-order valence-corrected chi connectivity index (χ4v) is 4.08. The molecule has 3 N–H and O–H groups in total. The molecule has 1 aliphatic rings. The summed E-state index contributed by atoms with van der Waals surface area (Å²) in [6.07, 6.45) is 0. The van der Waals surface area contributed by atoms with E-state index in [2.05, 4.69) is 5.32 Å². The zero-order valence-electron chi connectivity index (χ0n) is 17.5. The summed E-state index contributed by atoms with van der Waals surface area (Å²) in [5.74, 6) is -2.67. The van der Waals surface area contributed by atoms with E-state index in [4.69, 9.17) is 5.73 Å². The minimum atomic E-state index is -5.08. The predicted octanol–water partition coefficient (Wildman–Crippen LogP) is -4.94. The van der Waals surface area contributed by atoms with Crippen molar-refractivity contribution < 1.29 is 91.6 Å². The van der Waals surface area contributed by atoms with Gasteiger partial charge in [0, 0.05) is 16.8 Å². The second-order valence-corrected chi connectivity index (χ2v) is 8.08. The van der Waals surface area contributed by atoms with Crippen LogP contribution in [0.15, 0.2) is 59.5 Å². The first-order valence-electron chi connectivity index (χ1n) is 8.79. The first-order chi connectivity index (χ1) is 14.6. The molecular formula is C21H12N2Na2O7S. The number of benzene rings is 3. The van der Waals surface area contributed by atoms with Crippen LogP contribution in [0.2, 0.25) is 0 Å². The van der Waals surface area contributed by atoms with Crippen LogP contribution in [-0.2, 0) is 10.1 Å². The topological polar surface area (TPSA) is 170 Å². The molecule has 3 aromatic carbocycles. The normalized spacial score (nSPS) is 12.0. The van der Waals surface area contributed by atoms with Crippen molar-refractivity contribution in [2.24, 2.45) is 0 Å². The molecule has 0 spiro atoms. The van der Waals surface area contributed by atoms with Crippen LogP contribution in [0.25, 0.3) is 0 Å². The molecule has 1 aliphatic carbocycles. The van der Waals surface area contributed by atoms with Crippen molar-refractivity contribution in [2.75, 3.05) is 11.1 Å². The zero-order valence-corrected chi connectivity index (χ0v) is 22.4. The Morgan fingerprint density at radius 2 is 1.39 bits per heavy atom. The summed E-state index contributed by atoms with van der Waals surface area (Å²) in [5.41, 5.74) is 4.87. The monoisotopic (exact) mass is 482 g/mol. The van der Waals surface area contributed by atoms with Gasteiger partial charge in [-0.05, 0) is 23.8 Å². The van der Waals surface area contributed by atoms with Crippen LogP contribution < -0.4 is 75.3 Å². The Morgan fingerprint density at radius 1 is 0.879 bits per heavy atom. The second kappa shape index (κ2) is 10.1. The Hall–Kier alpha value is -2.02. The van der Waals surface area contributed by atoms with Crippen molar-refractivity contribution in [1.29, 1.82) is 0 Å². The standard InChI is InChI=1S/C21H14N2O7S.2Na/c22-18-15(31(28,29)30)9-14(23-11-7-5-10(6-8-11)21(26)27)16-17(18)20(25)13-4-2-1-3-12(13)19(16)24;;/h1-9,23H,22H2,(H,26,27)(H,28,29,30);;/q;2*+1/p-2. The second-order valence-electron chi connectivity index (χ2n) is 6.73. The molecule has 0 saturated heterocycles. The fraction of sp³-hybridized carbons (Fsp3) is 0. The Labute approximate surface area is 232 Å². The van der Waals surface area contributed by atoms with Crippen molar-refractivity contribution >= 4 is 44.7 Å². The van der Waals surface area contributed by atoms with Crippen molar-refractivity contribution in [3.63, 3.8) is 0 Å². The van der Waals surface area contributed by atoms with Gasteiger partial charge in [-0.2, -0.15) is 0 Å². The number of ketones is 2. The van der Waals surface area contributed by atoms with Gasteiger partial charge in [0.15, 0.2) is 11.6 Å². The first-order valence-corrected chi connectivity index (χ1v) is 10.2. The van der Waals surface area contributed by atoms with Crippen molar-refractivity contribution in [3.8, 4) is 0 Å². The van der Waals surface area contributed by atoms with Crippen LogP contribution in [0.4, 0.5) is 17.1 Å². The van der Waals surface area contributed by atoms with Crippen LogP contribution in [0.1, 0.15) is 42.2 Å². The summed E-state index contributed by atoms with van der Waals surface area (Å²) < 4.78 is 35.3. The van der Waals surface area contributed by atoms with Gasteiger partial charge in [0.05, 0.1) is 33.4 Å². The molecule has 0 aromatic heterocycles. The molecule has 0 unspecified atom stereocenters. The average Bonchev–Trinajstić information content (AvgIpc) is 2.72. The van der Waals surface area contributed by atoms with Gasteiger partial charge in [-0.25, -0.2) is 8.42 Å². The van der Waals surface area contributed by atoms with Gasteiger partial charge in [-0.3, -0.25) is 9.59 Å². The largest absolute Gasteiger partial charge is 1.00 e. The summed E-state index contributed by atoms with van der Waals surface area (Å²) in [5, 5.41) is 13.7. The van der Waals surface area contributed by atoms with Crippen LogP contribution >= 0.6 is 0 Å². The number of fused-ring (bicyclic) bond motifs is 2. The maximum atomic E-state index is 13.2. The van der Waals surface area contributed by atoms with E-state index >= 15 is 0 Å². The molecule has 33 heavy (non-hydrogen) atoms. The molecule has 0 bridgehead atoms. The average molecular weight is 482 g/mol. The van der Waals surface area contributed by atoms with Gasteiger partial charge in [0.25, 0.3) is 0 Å².